The largest absolute Gasteiger partial charge is 0.407 e. The summed E-state index contributed by atoms with van der Waals surface area (Å²) < 4.78 is 6.30. The molecule has 80 valence electrons. The van der Waals surface area contributed by atoms with Gasteiger partial charge in [-0.05, 0) is 28.1 Å². The second kappa shape index (κ2) is 4.73. The van der Waals surface area contributed by atoms with E-state index in [0.29, 0.717) is 18.5 Å². The Morgan fingerprint density at radius 1 is 1.47 bits per heavy atom. The average Bonchev–Trinajstić information content (AvgIpc) is 2.83. The van der Waals surface area contributed by atoms with Crippen molar-refractivity contribution in [2.24, 2.45) is 5.73 Å². The van der Waals surface area contributed by atoms with E-state index in [4.69, 9.17) is 10.2 Å². The van der Waals surface area contributed by atoms with Gasteiger partial charge in [-0.3, -0.25) is 0 Å². The Hall–Kier alpha value is -0.920. The topological polar surface area (TPSA) is 77.0 Å². The maximum Gasteiger partial charge on any atom is 0.315 e. The highest BCUT2D eigenvalue weighted by Gasteiger charge is 2.04. The van der Waals surface area contributed by atoms with Gasteiger partial charge in [0.15, 0.2) is 0 Å². The van der Waals surface area contributed by atoms with E-state index in [2.05, 4.69) is 31.4 Å². The summed E-state index contributed by atoms with van der Waals surface area (Å²) in [7, 11) is 0. The molecule has 2 heterocycles. The summed E-state index contributed by atoms with van der Waals surface area (Å²) in [5.41, 5.74) is 5.35. The molecule has 2 aromatic heterocycles. The molecule has 0 atom stereocenters. The van der Waals surface area contributed by atoms with Crippen LogP contribution in [-0.2, 0) is 13.1 Å². The Morgan fingerprint density at radius 3 is 2.93 bits per heavy atom. The third-order valence-corrected chi connectivity index (χ3v) is 3.31. The summed E-state index contributed by atoms with van der Waals surface area (Å²) in [5.74, 6) is 0.435. The van der Waals surface area contributed by atoms with Crippen LogP contribution in [0.4, 0.5) is 6.01 Å². The number of nitrogens with two attached hydrogens (primary N) is 1. The first kappa shape index (κ1) is 10.6. The van der Waals surface area contributed by atoms with Crippen molar-refractivity contribution in [2.75, 3.05) is 5.32 Å². The van der Waals surface area contributed by atoms with E-state index in [1.165, 1.54) is 4.88 Å². The lowest BCUT2D eigenvalue weighted by molar-refractivity contribution is 0.507. The Labute approximate surface area is 98.8 Å². The predicted octanol–water partition coefficient (Wildman–Crippen LogP) is 1.96. The molecule has 0 bridgehead atoms. The maximum absolute atomic E-state index is 5.35. The van der Waals surface area contributed by atoms with Crippen LogP contribution in [-0.4, -0.2) is 10.2 Å². The zero-order chi connectivity index (χ0) is 10.7. The summed E-state index contributed by atoms with van der Waals surface area (Å²) in [6.45, 7) is 0.932. The number of thiophene rings is 1. The first-order chi connectivity index (χ1) is 7.28. The molecule has 2 aromatic rings. The number of halogens is 1. The lowest BCUT2D eigenvalue weighted by Gasteiger charge is -1.96. The normalized spacial score (nSPS) is 10.5. The quantitative estimate of drug-likeness (QED) is 0.899. The molecule has 15 heavy (non-hydrogen) atoms. The number of hydrogen-bond donors (Lipinski definition) is 2. The Bertz CT molecular complexity index is 441. The molecule has 7 heteroatoms. The molecule has 0 fully saturated rings. The van der Waals surface area contributed by atoms with Crippen molar-refractivity contribution in [1.29, 1.82) is 0 Å². The summed E-state index contributed by atoms with van der Waals surface area (Å²) in [6, 6.07) is 4.43. The molecular weight excluding hydrogens is 280 g/mol. The van der Waals surface area contributed by atoms with Gasteiger partial charge in [-0.1, -0.05) is 5.10 Å². The minimum absolute atomic E-state index is 0.263. The summed E-state index contributed by atoms with van der Waals surface area (Å²) >= 11 is 5.06. The van der Waals surface area contributed by atoms with Gasteiger partial charge in [0.2, 0.25) is 5.89 Å². The number of nitrogens with one attached hydrogen (secondary N) is 1. The molecule has 3 N–H and O–H groups in total. The van der Waals surface area contributed by atoms with Crippen LogP contribution in [0.25, 0.3) is 0 Å². The van der Waals surface area contributed by atoms with Crippen molar-refractivity contribution < 1.29 is 4.42 Å². The maximum atomic E-state index is 5.35. The monoisotopic (exact) mass is 288 g/mol. The highest BCUT2D eigenvalue weighted by Crippen LogP contribution is 2.22. The molecule has 0 radical (unpaired) electrons. The van der Waals surface area contributed by atoms with E-state index in [-0.39, 0.29) is 6.54 Å². The molecule has 2 rings (SSSR count). The Morgan fingerprint density at radius 2 is 2.33 bits per heavy atom. The van der Waals surface area contributed by atoms with Crippen LogP contribution >= 0.6 is 27.3 Å². The molecule has 5 nitrogen and oxygen atoms in total. The molecule has 0 unspecified atom stereocenters. The van der Waals surface area contributed by atoms with Crippen molar-refractivity contribution >= 4 is 33.3 Å². The third-order valence-electron chi connectivity index (χ3n) is 1.68. The zero-order valence-electron chi connectivity index (χ0n) is 7.74. The summed E-state index contributed by atoms with van der Waals surface area (Å²) in [4.78, 5) is 1.19. The number of hydrogen-bond acceptors (Lipinski definition) is 6. The molecule has 0 aliphatic rings. The fourth-order valence-corrected chi connectivity index (χ4v) is 2.44. The first-order valence-electron chi connectivity index (χ1n) is 4.28. The summed E-state index contributed by atoms with van der Waals surface area (Å²) in [5, 5.41) is 10.6. The average molecular weight is 289 g/mol. The molecular formula is C8H9BrN4OS. The highest BCUT2D eigenvalue weighted by atomic mass is 79.9. The van der Waals surface area contributed by atoms with Gasteiger partial charge >= 0.3 is 6.01 Å². The zero-order valence-corrected chi connectivity index (χ0v) is 10.1. The van der Waals surface area contributed by atoms with Crippen LogP contribution in [0.3, 0.4) is 0 Å². The van der Waals surface area contributed by atoms with Crippen LogP contribution in [0.1, 0.15) is 10.8 Å². The van der Waals surface area contributed by atoms with Crippen LogP contribution < -0.4 is 11.1 Å². The molecule has 0 aliphatic carbocycles. The van der Waals surface area contributed by atoms with Crippen molar-refractivity contribution in [3.8, 4) is 0 Å². The minimum Gasteiger partial charge on any atom is -0.407 e. The predicted molar refractivity (Wildman–Crippen MR) is 61.5 cm³/mol. The van der Waals surface area contributed by atoms with Gasteiger partial charge in [0.25, 0.3) is 0 Å². The van der Waals surface area contributed by atoms with Crippen molar-refractivity contribution in [3.63, 3.8) is 0 Å². The lowest BCUT2D eigenvalue weighted by atomic mass is 10.5. The molecule has 0 aromatic carbocycles. The molecule has 0 aliphatic heterocycles. The summed E-state index contributed by atoms with van der Waals surface area (Å²) in [6.07, 6.45) is 0. The SMILES string of the molecule is NCc1nnc(NCc2ccc(Br)s2)o1. The van der Waals surface area contributed by atoms with Gasteiger partial charge in [-0.25, -0.2) is 0 Å². The lowest BCUT2D eigenvalue weighted by Crippen LogP contribution is -1.97. The van der Waals surface area contributed by atoms with Crippen molar-refractivity contribution in [2.45, 2.75) is 13.1 Å². The Balaban J connectivity index is 1.93. The second-order valence-corrected chi connectivity index (χ2v) is 5.31. The van der Waals surface area contributed by atoms with Gasteiger partial charge in [-0.15, -0.1) is 16.4 Å². The number of anilines is 1. The Kier molecular flexibility index (Phi) is 3.34. The molecule has 0 saturated carbocycles. The number of aromatic nitrogens is 2. The van der Waals surface area contributed by atoms with Crippen LogP contribution in [0, 0.1) is 0 Å². The van der Waals surface area contributed by atoms with Crippen molar-refractivity contribution in [1.82, 2.24) is 10.2 Å². The third kappa shape index (κ3) is 2.77. The van der Waals surface area contributed by atoms with E-state index in [9.17, 15) is 0 Å². The standard InChI is InChI=1S/C8H9BrN4OS/c9-6-2-1-5(15-6)4-11-8-13-12-7(3-10)14-8/h1-2H,3-4,10H2,(H,11,13). The molecule has 0 spiro atoms. The number of nitrogens with zero attached hydrogens (tertiary/aromatic N) is 2. The van der Waals surface area contributed by atoms with Gasteiger partial charge in [0.05, 0.1) is 16.9 Å². The van der Waals surface area contributed by atoms with Gasteiger partial charge in [0.1, 0.15) is 0 Å². The van der Waals surface area contributed by atoms with Gasteiger partial charge < -0.3 is 15.5 Å². The van der Waals surface area contributed by atoms with Crippen LogP contribution in [0.2, 0.25) is 0 Å². The van der Waals surface area contributed by atoms with Crippen LogP contribution in [0.5, 0.6) is 0 Å². The number of rotatable bonds is 4. The minimum atomic E-state index is 0.263. The fraction of sp³-hybridized carbons (Fsp3) is 0.250. The van der Waals surface area contributed by atoms with E-state index in [1.54, 1.807) is 11.3 Å². The fourth-order valence-electron chi connectivity index (χ4n) is 1.02. The molecule has 0 amide bonds. The van der Waals surface area contributed by atoms with Gasteiger partial charge in [0, 0.05) is 4.88 Å². The van der Waals surface area contributed by atoms with E-state index < -0.39 is 0 Å². The van der Waals surface area contributed by atoms with Crippen molar-refractivity contribution in [3.05, 3.63) is 26.7 Å². The van der Waals surface area contributed by atoms with E-state index >= 15 is 0 Å². The smallest absolute Gasteiger partial charge is 0.315 e. The highest BCUT2D eigenvalue weighted by molar-refractivity contribution is 9.11. The first-order valence-corrected chi connectivity index (χ1v) is 5.89. The van der Waals surface area contributed by atoms with Crippen LogP contribution in [0.15, 0.2) is 20.3 Å². The molecule has 0 saturated heterocycles. The van der Waals surface area contributed by atoms with E-state index in [1.807, 2.05) is 12.1 Å². The van der Waals surface area contributed by atoms with E-state index in [0.717, 1.165) is 3.79 Å². The second-order valence-electron chi connectivity index (χ2n) is 2.76. The van der Waals surface area contributed by atoms with Gasteiger partial charge in [-0.2, -0.15) is 0 Å².